The molecule has 0 bridgehead atoms. The first-order chi connectivity index (χ1) is 18.6. The molecule has 3 aliphatic rings. The van der Waals surface area contributed by atoms with E-state index < -0.39 is 53.8 Å². The molecule has 1 aliphatic carbocycles. The first-order valence-corrected chi connectivity index (χ1v) is 13.5. The maximum Gasteiger partial charge on any atom is 0.251 e. The highest BCUT2D eigenvalue weighted by Gasteiger charge is 2.78. The average Bonchev–Trinajstić information content (AvgIpc) is 3.32. The molecule has 2 fully saturated rings. The van der Waals surface area contributed by atoms with Gasteiger partial charge in [-0.1, -0.05) is 58.4 Å². The van der Waals surface area contributed by atoms with Crippen molar-refractivity contribution in [2.45, 2.75) is 42.0 Å². The molecule has 7 nitrogen and oxygen atoms in total. The lowest BCUT2D eigenvalue weighted by atomic mass is 9.70. The summed E-state index contributed by atoms with van der Waals surface area (Å²) in [5.74, 6) is -5.04. The van der Waals surface area contributed by atoms with E-state index in [0.29, 0.717) is 11.1 Å². The third-order valence-electron chi connectivity index (χ3n) is 8.40. The van der Waals surface area contributed by atoms with E-state index in [-0.39, 0.29) is 30.2 Å². The van der Waals surface area contributed by atoms with Crippen LogP contribution in [0.4, 0.5) is 8.78 Å². The first-order valence-electron chi connectivity index (χ1n) is 12.7. The number of fused-ring (bicyclic) bond motifs is 3. The van der Waals surface area contributed by atoms with Gasteiger partial charge in [-0.15, -0.1) is 0 Å². The van der Waals surface area contributed by atoms with E-state index in [2.05, 4.69) is 20.9 Å². The van der Waals surface area contributed by atoms with Gasteiger partial charge < -0.3 is 24.6 Å². The zero-order valence-electron chi connectivity index (χ0n) is 21.1. The maximum atomic E-state index is 14.2. The Morgan fingerprint density at radius 1 is 1.10 bits per heavy atom. The number of hydrogen-bond donors (Lipinski definition) is 2. The zero-order chi connectivity index (χ0) is 27.6. The molecule has 10 heteroatoms. The Morgan fingerprint density at radius 3 is 2.41 bits per heavy atom. The van der Waals surface area contributed by atoms with Crippen molar-refractivity contribution in [1.29, 1.82) is 0 Å². The molecule has 3 heterocycles. The highest BCUT2D eigenvalue weighted by molar-refractivity contribution is 9.10. The van der Waals surface area contributed by atoms with Crippen molar-refractivity contribution in [1.82, 2.24) is 9.88 Å². The lowest BCUT2D eigenvalue weighted by Gasteiger charge is -2.41. The van der Waals surface area contributed by atoms with Gasteiger partial charge in [0.25, 0.3) is 5.92 Å². The van der Waals surface area contributed by atoms with Crippen LogP contribution in [0.15, 0.2) is 71.5 Å². The summed E-state index contributed by atoms with van der Waals surface area (Å²) in [6.07, 6.45) is 0.285. The van der Waals surface area contributed by atoms with Crippen molar-refractivity contribution in [3.8, 4) is 11.5 Å². The summed E-state index contributed by atoms with van der Waals surface area (Å²) in [6, 6.07) is 16.2. The number of rotatable bonds is 4. The molecule has 2 N–H and O–H groups in total. The van der Waals surface area contributed by atoms with Crippen molar-refractivity contribution < 1.29 is 33.3 Å². The second-order valence-electron chi connectivity index (χ2n) is 10.4. The van der Waals surface area contributed by atoms with Crippen LogP contribution in [0, 0.1) is 5.92 Å². The van der Waals surface area contributed by atoms with Crippen LogP contribution in [0.3, 0.4) is 0 Å². The van der Waals surface area contributed by atoms with Gasteiger partial charge >= 0.3 is 0 Å². The molecule has 1 saturated heterocycles. The van der Waals surface area contributed by atoms with E-state index in [1.54, 1.807) is 24.3 Å². The molecule has 204 valence electrons. The second kappa shape index (κ2) is 9.25. The van der Waals surface area contributed by atoms with E-state index in [0.717, 1.165) is 4.47 Å². The van der Waals surface area contributed by atoms with Gasteiger partial charge in [0.05, 0.1) is 31.0 Å². The fourth-order valence-corrected chi connectivity index (χ4v) is 6.90. The van der Waals surface area contributed by atoms with Crippen molar-refractivity contribution in [2.24, 2.45) is 5.92 Å². The summed E-state index contributed by atoms with van der Waals surface area (Å²) in [6.45, 7) is -0.296. The predicted molar refractivity (Wildman–Crippen MR) is 141 cm³/mol. The van der Waals surface area contributed by atoms with Gasteiger partial charge in [-0.05, 0) is 23.3 Å². The van der Waals surface area contributed by atoms with Gasteiger partial charge in [0.2, 0.25) is 5.91 Å². The van der Waals surface area contributed by atoms with Crippen molar-refractivity contribution in [3.05, 3.63) is 88.2 Å². The summed E-state index contributed by atoms with van der Waals surface area (Å²) in [4.78, 5) is 19.7. The Balaban J connectivity index is 1.60. The fourth-order valence-electron chi connectivity index (χ4n) is 6.63. The number of methoxy groups -OCH3 is 1. The van der Waals surface area contributed by atoms with Crippen molar-refractivity contribution in [3.63, 3.8) is 0 Å². The lowest BCUT2D eigenvalue weighted by Crippen LogP contribution is -2.52. The number of carbonyl (C=O) groups excluding carboxylic acids is 1. The monoisotopic (exact) mass is 600 g/mol. The van der Waals surface area contributed by atoms with E-state index >= 15 is 0 Å². The minimum absolute atomic E-state index is 0.148. The number of alkyl halides is 2. The van der Waals surface area contributed by atoms with E-state index in [4.69, 9.17) is 9.47 Å². The number of hydrogen-bond acceptors (Lipinski definition) is 6. The molecule has 0 unspecified atom stereocenters. The number of ether oxygens (including phenoxy) is 2. The second-order valence-corrected chi connectivity index (χ2v) is 11.3. The number of nitrogens with zero attached hydrogens (tertiary/aromatic N) is 2. The summed E-state index contributed by atoms with van der Waals surface area (Å²) in [5.41, 5.74) is -2.45. The lowest BCUT2D eigenvalue weighted by molar-refractivity contribution is -0.159. The van der Waals surface area contributed by atoms with Gasteiger partial charge in [-0.3, -0.25) is 9.78 Å². The molecule has 39 heavy (non-hydrogen) atoms. The smallest absolute Gasteiger partial charge is 0.251 e. The van der Waals surface area contributed by atoms with Crippen LogP contribution in [-0.2, 0) is 16.0 Å². The Morgan fingerprint density at radius 2 is 1.77 bits per heavy atom. The number of benzene rings is 2. The quantitative estimate of drug-likeness (QED) is 0.462. The Kier molecular flexibility index (Phi) is 6.20. The summed E-state index contributed by atoms with van der Waals surface area (Å²) >= 11 is 3.45. The van der Waals surface area contributed by atoms with Crippen LogP contribution < -0.4 is 9.47 Å². The number of pyridine rings is 1. The standard InChI is InChI=1S/C29H27BrF2N2O5/c1-38-20-15-33-16-21-24(20)28(37)25(35)22(26(36)34-13-11-27(31,32)12-14-34)23(17-5-3-2-4-6-17)29(28,39-21)18-7-9-19(30)10-8-18/h2-10,15-16,22-23,25,35,37H,11-14H2,1H3/t22-,23-,25-,28+,29+/m1/s1. The SMILES string of the molecule is COc1cncc2c1[C@]1(O)[C@H](O)[C@H](C(=O)N3CCC(F)(F)CC3)[C@@H](c3ccccc3)[C@]1(c1ccc(Br)cc1)O2. The highest BCUT2D eigenvalue weighted by Crippen LogP contribution is 2.69. The number of carbonyl (C=O) groups is 1. The number of piperidine rings is 1. The molecule has 3 aromatic rings. The normalized spacial score (nSPS) is 30.8. The van der Waals surface area contributed by atoms with Gasteiger partial charge in [0.1, 0.15) is 17.6 Å². The average molecular weight is 601 g/mol. The molecule has 0 radical (unpaired) electrons. The summed E-state index contributed by atoms with van der Waals surface area (Å²) < 4.78 is 41.0. The highest BCUT2D eigenvalue weighted by atomic mass is 79.9. The number of aliphatic hydroxyl groups is 2. The third-order valence-corrected chi connectivity index (χ3v) is 8.93. The Hall–Kier alpha value is -3.08. The van der Waals surface area contributed by atoms with E-state index in [1.807, 2.05) is 30.3 Å². The number of aliphatic hydroxyl groups excluding tert-OH is 1. The van der Waals surface area contributed by atoms with Gasteiger partial charge in [0, 0.05) is 36.3 Å². The Labute approximate surface area is 232 Å². The molecule has 2 aliphatic heterocycles. The molecular formula is C29H27BrF2N2O5. The fraction of sp³-hybridized carbons (Fsp3) is 0.379. The van der Waals surface area contributed by atoms with Crippen LogP contribution >= 0.6 is 15.9 Å². The van der Waals surface area contributed by atoms with Gasteiger partial charge in [-0.25, -0.2) is 8.78 Å². The molecule has 0 spiro atoms. The van der Waals surface area contributed by atoms with Crippen LogP contribution in [0.2, 0.25) is 0 Å². The van der Waals surface area contributed by atoms with Crippen molar-refractivity contribution in [2.75, 3.05) is 20.2 Å². The van der Waals surface area contributed by atoms with Crippen LogP contribution in [0.1, 0.15) is 35.4 Å². The van der Waals surface area contributed by atoms with Crippen LogP contribution in [0.25, 0.3) is 0 Å². The molecule has 1 aromatic heterocycles. The first kappa shape index (κ1) is 26.2. The molecule has 5 atom stereocenters. The largest absolute Gasteiger partial charge is 0.495 e. The predicted octanol–water partition coefficient (Wildman–Crippen LogP) is 4.36. The minimum atomic E-state index is -2.85. The summed E-state index contributed by atoms with van der Waals surface area (Å²) in [5, 5.41) is 24.9. The topological polar surface area (TPSA) is 92.1 Å². The summed E-state index contributed by atoms with van der Waals surface area (Å²) in [7, 11) is 1.42. The number of amides is 1. The third kappa shape index (κ3) is 3.72. The van der Waals surface area contributed by atoms with Gasteiger partial charge in [-0.2, -0.15) is 0 Å². The number of likely N-dealkylation sites (tertiary alicyclic amines) is 1. The zero-order valence-corrected chi connectivity index (χ0v) is 22.6. The van der Waals surface area contributed by atoms with Crippen LogP contribution in [-0.4, -0.2) is 58.2 Å². The molecule has 6 rings (SSSR count). The molecular weight excluding hydrogens is 574 g/mol. The van der Waals surface area contributed by atoms with Crippen LogP contribution in [0.5, 0.6) is 11.5 Å². The number of aromatic nitrogens is 1. The molecule has 1 amide bonds. The number of halogens is 3. The van der Waals surface area contributed by atoms with E-state index in [9.17, 15) is 23.8 Å². The maximum absolute atomic E-state index is 14.2. The van der Waals surface area contributed by atoms with Gasteiger partial charge in [0.15, 0.2) is 11.2 Å². The minimum Gasteiger partial charge on any atom is -0.495 e. The molecule has 2 aromatic carbocycles. The Bertz CT molecular complexity index is 1400. The molecule has 1 saturated carbocycles. The van der Waals surface area contributed by atoms with E-state index in [1.165, 1.54) is 24.4 Å². The van der Waals surface area contributed by atoms with Crippen molar-refractivity contribution >= 4 is 21.8 Å².